The van der Waals surface area contributed by atoms with Gasteiger partial charge in [-0.3, -0.25) is 19.8 Å². The Bertz CT molecular complexity index is 1490. The molecule has 0 fully saturated rings. The predicted molar refractivity (Wildman–Crippen MR) is 149 cm³/mol. The van der Waals surface area contributed by atoms with E-state index in [0.29, 0.717) is 38.3 Å². The van der Waals surface area contributed by atoms with E-state index in [1.54, 1.807) is 47.8 Å². The van der Waals surface area contributed by atoms with Crippen molar-refractivity contribution in [2.24, 2.45) is 0 Å². The van der Waals surface area contributed by atoms with Gasteiger partial charge in [-0.2, -0.15) is 4.68 Å². The minimum absolute atomic E-state index is 0.187. The molecule has 0 unspecified atom stereocenters. The molecule has 0 spiro atoms. The van der Waals surface area contributed by atoms with Crippen molar-refractivity contribution in [1.82, 2.24) is 9.66 Å². The minimum Gasteiger partial charge on any atom is -0.495 e. The number of methoxy groups -OCH3 is 1. The highest BCUT2D eigenvalue weighted by Gasteiger charge is 2.24. The molecule has 0 aliphatic heterocycles. The van der Waals surface area contributed by atoms with Gasteiger partial charge in [-0.05, 0) is 58.1 Å². The molecule has 0 bridgehead atoms. The number of amides is 2. The first-order valence-corrected chi connectivity index (χ1v) is 13.7. The van der Waals surface area contributed by atoms with E-state index >= 15 is 0 Å². The lowest BCUT2D eigenvalue weighted by molar-refractivity contribution is -0.119. The van der Waals surface area contributed by atoms with Gasteiger partial charge in [-0.1, -0.05) is 43.0 Å². The molecule has 37 heavy (non-hydrogen) atoms. The van der Waals surface area contributed by atoms with Crippen LogP contribution in [-0.4, -0.2) is 40.4 Å². The number of carbonyl (C=O) groups is 2. The highest BCUT2D eigenvalue weighted by atomic mass is 79.9. The van der Waals surface area contributed by atoms with Gasteiger partial charge in [-0.15, -0.1) is 11.3 Å². The lowest BCUT2D eigenvalue weighted by Crippen LogP contribution is -2.37. The number of para-hydroxylation sites is 3. The van der Waals surface area contributed by atoms with Crippen LogP contribution in [0, 0.1) is 0 Å². The Kier molecular flexibility index (Phi) is 8.85. The Balaban J connectivity index is 1.56. The maximum absolute atomic E-state index is 13.2. The number of ether oxygens (including phenoxy) is 2. The summed E-state index contributed by atoms with van der Waals surface area (Å²) in [6.45, 7) is 1.53. The number of anilines is 1. The van der Waals surface area contributed by atoms with Gasteiger partial charge in [0.15, 0.2) is 11.8 Å². The number of thioether (sulfide) groups is 1. The van der Waals surface area contributed by atoms with Gasteiger partial charge >= 0.3 is 0 Å². The molecule has 4 rings (SSSR count). The van der Waals surface area contributed by atoms with Gasteiger partial charge < -0.3 is 14.8 Å². The van der Waals surface area contributed by atoms with Crippen LogP contribution in [0.15, 0.2) is 74.4 Å². The second kappa shape index (κ2) is 12.3. The average molecular weight is 604 g/mol. The molecule has 4 aromatic rings. The first kappa shape index (κ1) is 26.7. The number of halogens is 1. The Labute approximate surface area is 229 Å². The Morgan fingerprint density at radius 2 is 1.86 bits per heavy atom. The predicted octanol–water partition coefficient (Wildman–Crippen LogP) is 4.89. The van der Waals surface area contributed by atoms with Crippen LogP contribution in [0.4, 0.5) is 5.69 Å². The van der Waals surface area contributed by atoms with Crippen LogP contribution in [-0.2, 0) is 9.59 Å². The number of aromatic nitrogens is 2. The van der Waals surface area contributed by atoms with Crippen molar-refractivity contribution in [2.45, 2.75) is 23.8 Å². The van der Waals surface area contributed by atoms with Crippen molar-refractivity contribution in [3.05, 3.63) is 74.8 Å². The van der Waals surface area contributed by atoms with Crippen molar-refractivity contribution in [1.29, 1.82) is 0 Å². The number of nitrogens with zero attached hydrogens (tertiary/aromatic N) is 2. The first-order valence-electron chi connectivity index (χ1n) is 11.2. The van der Waals surface area contributed by atoms with Crippen LogP contribution in [0.5, 0.6) is 11.5 Å². The third kappa shape index (κ3) is 6.32. The van der Waals surface area contributed by atoms with E-state index in [2.05, 4.69) is 31.7 Å². The number of hydrogen-bond acceptors (Lipinski definition) is 8. The summed E-state index contributed by atoms with van der Waals surface area (Å²) in [6, 6.07) is 15.9. The van der Waals surface area contributed by atoms with Crippen molar-refractivity contribution in [3.63, 3.8) is 0 Å². The fourth-order valence-electron chi connectivity index (χ4n) is 3.34. The zero-order chi connectivity index (χ0) is 26.4. The fourth-order valence-corrected chi connectivity index (χ4v) is 5.47. The normalized spacial score (nSPS) is 11.6. The van der Waals surface area contributed by atoms with Crippen molar-refractivity contribution in [2.75, 3.05) is 24.5 Å². The molecule has 0 saturated heterocycles. The second-order valence-electron chi connectivity index (χ2n) is 7.63. The molecule has 0 saturated carbocycles. The summed E-state index contributed by atoms with van der Waals surface area (Å²) in [5.74, 6) is 0.184. The van der Waals surface area contributed by atoms with Crippen LogP contribution in [0.3, 0.4) is 0 Å². The van der Waals surface area contributed by atoms with Gasteiger partial charge in [0.1, 0.15) is 16.2 Å². The maximum Gasteiger partial charge on any atom is 0.291 e. The first-order chi connectivity index (χ1) is 17.9. The highest BCUT2D eigenvalue weighted by Crippen LogP contribution is 2.29. The maximum atomic E-state index is 13.2. The van der Waals surface area contributed by atoms with E-state index < -0.39 is 16.7 Å². The summed E-state index contributed by atoms with van der Waals surface area (Å²) >= 11 is 5.68. The van der Waals surface area contributed by atoms with Crippen molar-refractivity contribution in [3.8, 4) is 11.5 Å². The van der Waals surface area contributed by atoms with Crippen LogP contribution >= 0.6 is 39.0 Å². The second-order valence-corrected chi connectivity index (χ2v) is 10.6. The highest BCUT2D eigenvalue weighted by molar-refractivity contribution is 9.10. The van der Waals surface area contributed by atoms with Crippen LogP contribution in [0.2, 0.25) is 0 Å². The van der Waals surface area contributed by atoms with Crippen molar-refractivity contribution >= 4 is 66.7 Å². The SMILES string of the molecule is CC[C@@H](Sc1nc2ccsc2c(=O)n1NC(=O)COc1ccccc1Br)C(=O)Nc1ccccc1OC. The molecular formula is C25H23BrN4O5S2. The van der Waals surface area contributed by atoms with Crippen LogP contribution in [0.25, 0.3) is 10.2 Å². The summed E-state index contributed by atoms with van der Waals surface area (Å²) in [5, 5.41) is 4.21. The monoisotopic (exact) mass is 602 g/mol. The number of fused-ring (bicyclic) bond motifs is 1. The largest absolute Gasteiger partial charge is 0.495 e. The lowest BCUT2D eigenvalue weighted by Gasteiger charge is -2.18. The topological polar surface area (TPSA) is 112 Å². The number of rotatable bonds is 10. The van der Waals surface area contributed by atoms with Gasteiger partial charge in [0.2, 0.25) is 5.91 Å². The van der Waals surface area contributed by atoms with Crippen LogP contribution in [0.1, 0.15) is 13.3 Å². The Hall–Kier alpha value is -3.35. The van der Waals surface area contributed by atoms with Crippen molar-refractivity contribution < 1.29 is 19.1 Å². The quantitative estimate of drug-likeness (QED) is 0.196. The summed E-state index contributed by atoms with van der Waals surface area (Å²) in [5.41, 5.74) is 3.18. The molecule has 1 atom stereocenters. The third-order valence-electron chi connectivity index (χ3n) is 5.16. The molecule has 9 nitrogen and oxygen atoms in total. The Morgan fingerprint density at radius 1 is 1.14 bits per heavy atom. The molecule has 0 aliphatic rings. The standard InChI is InChI=1S/C25H23BrN4O5S2/c1-3-20(23(32)27-16-9-5-7-11-19(16)34-2)37-25-28-17-12-13-36-22(17)24(33)30(25)29-21(31)14-35-18-10-6-4-8-15(18)26/h4-13,20H,3,14H2,1-2H3,(H,27,32)(H,29,31)/t20-/m1/s1. The summed E-state index contributed by atoms with van der Waals surface area (Å²) in [7, 11) is 1.53. The molecule has 2 aromatic heterocycles. The summed E-state index contributed by atoms with van der Waals surface area (Å²) in [4.78, 5) is 43.7. The molecule has 12 heteroatoms. The zero-order valence-corrected chi connectivity index (χ0v) is 23.1. The van der Waals surface area contributed by atoms with E-state index in [-0.39, 0.29) is 17.7 Å². The lowest BCUT2D eigenvalue weighted by atomic mass is 10.2. The van der Waals surface area contributed by atoms with E-state index in [1.807, 2.05) is 19.1 Å². The molecule has 0 aliphatic carbocycles. The molecule has 2 N–H and O–H groups in total. The molecular weight excluding hydrogens is 580 g/mol. The molecule has 2 aromatic carbocycles. The third-order valence-corrected chi connectivity index (χ3v) is 8.02. The number of nitrogens with one attached hydrogen (secondary N) is 2. The van der Waals surface area contributed by atoms with Gasteiger partial charge in [0.25, 0.3) is 11.5 Å². The van der Waals surface area contributed by atoms with E-state index in [1.165, 1.54) is 18.4 Å². The summed E-state index contributed by atoms with van der Waals surface area (Å²) in [6.07, 6.45) is 0.447. The Morgan fingerprint density at radius 3 is 2.59 bits per heavy atom. The molecule has 2 heterocycles. The van der Waals surface area contributed by atoms with E-state index in [0.717, 1.165) is 16.4 Å². The molecule has 192 valence electrons. The number of carbonyl (C=O) groups excluding carboxylic acids is 2. The van der Waals surface area contributed by atoms with E-state index in [4.69, 9.17) is 9.47 Å². The number of hydrogen-bond donors (Lipinski definition) is 2. The average Bonchev–Trinajstić information content (AvgIpc) is 3.38. The number of benzene rings is 2. The van der Waals surface area contributed by atoms with Gasteiger partial charge in [0.05, 0.1) is 28.0 Å². The summed E-state index contributed by atoms with van der Waals surface area (Å²) < 4.78 is 13.1. The number of thiophene rings is 1. The minimum atomic E-state index is -0.604. The molecule has 0 radical (unpaired) electrons. The molecule has 2 amide bonds. The van der Waals surface area contributed by atoms with E-state index in [9.17, 15) is 14.4 Å². The fraction of sp³-hybridized carbons (Fsp3) is 0.200. The van der Waals surface area contributed by atoms with Crippen LogP contribution < -0.4 is 25.8 Å². The smallest absolute Gasteiger partial charge is 0.291 e. The zero-order valence-electron chi connectivity index (χ0n) is 19.9. The van der Waals surface area contributed by atoms with Gasteiger partial charge in [-0.25, -0.2) is 4.98 Å². The van der Waals surface area contributed by atoms with Gasteiger partial charge in [0, 0.05) is 0 Å².